The number of halogens is 2. The maximum atomic E-state index is 12.7. The van der Waals surface area contributed by atoms with Gasteiger partial charge in [-0.25, -0.2) is 4.98 Å². The smallest absolute Gasteiger partial charge is 0.260 e. The van der Waals surface area contributed by atoms with Gasteiger partial charge in [0, 0.05) is 10.4 Å². The van der Waals surface area contributed by atoms with Crippen LogP contribution in [-0.2, 0) is 12.8 Å². The number of fused-ring (bicyclic) bond motifs is 3. The van der Waals surface area contributed by atoms with E-state index in [9.17, 15) is 9.90 Å². The number of rotatable bonds is 1. The van der Waals surface area contributed by atoms with E-state index in [1.165, 1.54) is 23.3 Å². The Bertz CT molecular complexity index is 987. The van der Waals surface area contributed by atoms with Crippen molar-refractivity contribution < 1.29 is 5.11 Å². The normalized spacial score (nSPS) is 14.6. The van der Waals surface area contributed by atoms with Crippen LogP contribution < -0.4 is 5.56 Å². The van der Waals surface area contributed by atoms with Gasteiger partial charge in [-0.05, 0) is 88.6 Å². The number of aromatic hydroxyl groups is 1. The van der Waals surface area contributed by atoms with Crippen molar-refractivity contribution >= 4 is 66.7 Å². The predicted molar refractivity (Wildman–Crippen MR) is 114 cm³/mol. The molecule has 0 spiro atoms. The van der Waals surface area contributed by atoms with E-state index >= 15 is 0 Å². The Morgan fingerprint density at radius 3 is 2.58 bits per heavy atom. The summed E-state index contributed by atoms with van der Waals surface area (Å²) in [6.07, 6.45) is 5.61. The molecule has 1 aromatic carbocycles. The van der Waals surface area contributed by atoms with Crippen molar-refractivity contribution in [1.29, 1.82) is 0 Å². The third-order valence-electron chi connectivity index (χ3n) is 4.37. The largest absolute Gasteiger partial charge is 0.506 e. The zero-order chi connectivity index (χ0) is 16.8. The van der Waals surface area contributed by atoms with E-state index < -0.39 is 0 Å². The number of aromatic amines is 1. The van der Waals surface area contributed by atoms with Crippen molar-refractivity contribution in [1.82, 2.24) is 9.97 Å². The molecule has 0 saturated heterocycles. The van der Waals surface area contributed by atoms with E-state index in [1.54, 1.807) is 11.3 Å². The zero-order valence-electron chi connectivity index (χ0n) is 12.7. The van der Waals surface area contributed by atoms with Crippen LogP contribution in [0.2, 0.25) is 0 Å². The first-order valence-electron chi connectivity index (χ1n) is 7.77. The van der Waals surface area contributed by atoms with Gasteiger partial charge in [-0.15, -0.1) is 11.3 Å². The second-order valence-electron chi connectivity index (χ2n) is 5.95. The minimum atomic E-state index is -0.0486. The van der Waals surface area contributed by atoms with E-state index in [4.69, 9.17) is 4.98 Å². The molecule has 4 rings (SSSR count). The minimum absolute atomic E-state index is 0.0486. The Hall–Kier alpha value is -0.680. The van der Waals surface area contributed by atoms with Gasteiger partial charge in [0.15, 0.2) is 0 Å². The number of nitrogens with one attached hydrogen (secondary N) is 1. The Balaban J connectivity index is 1.92. The average Bonchev–Trinajstić information content (AvgIpc) is 2.74. The highest BCUT2D eigenvalue weighted by Crippen LogP contribution is 2.35. The molecule has 0 saturated carbocycles. The van der Waals surface area contributed by atoms with Crippen molar-refractivity contribution in [2.45, 2.75) is 32.1 Å². The van der Waals surface area contributed by atoms with E-state index in [1.807, 2.05) is 12.1 Å². The predicted octanol–water partition coefficient (Wildman–Crippen LogP) is 4.84. The summed E-state index contributed by atoms with van der Waals surface area (Å²) in [5.74, 6) is 0.839. The fourth-order valence-electron chi connectivity index (χ4n) is 3.18. The number of phenols is 1. The first kappa shape index (κ1) is 16.8. The van der Waals surface area contributed by atoms with Crippen LogP contribution in [0.5, 0.6) is 5.75 Å². The molecule has 2 heterocycles. The van der Waals surface area contributed by atoms with Gasteiger partial charge in [0.1, 0.15) is 16.4 Å². The lowest BCUT2D eigenvalue weighted by Crippen LogP contribution is -2.10. The van der Waals surface area contributed by atoms with Gasteiger partial charge in [-0.3, -0.25) is 4.79 Å². The molecule has 1 aliphatic carbocycles. The number of nitrogens with zero attached hydrogens (tertiary/aromatic N) is 1. The number of thiophene rings is 1. The maximum Gasteiger partial charge on any atom is 0.260 e. The lowest BCUT2D eigenvalue weighted by Gasteiger charge is -2.06. The van der Waals surface area contributed by atoms with Gasteiger partial charge in [0.25, 0.3) is 5.56 Å². The Labute approximate surface area is 170 Å². The summed E-state index contributed by atoms with van der Waals surface area (Å²) < 4.78 is 1.50. The van der Waals surface area contributed by atoms with E-state index in [2.05, 4.69) is 50.2 Å². The number of aryl methyl sites for hydroxylation is 2. The standard InChI is InChI=1S/C17H14I2N2O2S/c18-10-6-8(7-11(19)14(10)22)15-20-16(23)13-9-4-2-1-3-5-12(9)24-17(13)21-15/h6-7,22H,1-5H2,(H,20,21,23). The number of benzene rings is 1. The van der Waals surface area contributed by atoms with Gasteiger partial charge >= 0.3 is 0 Å². The lowest BCUT2D eigenvalue weighted by molar-refractivity contribution is 0.467. The first-order valence-corrected chi connectivity index (χ1v) is 10.7. The van der Waals surface area contributed by atoms with E-state index in [-0.39, 0.29) is 11.3 Å². The highest BCUT2D eigenvalue weighted by atomic mass is 127. The number of hydrogen-bond donors (Lipinski definition) is 2. The fraction of sp³-hybridized carbons (Fsp3) is 0.294. The molecular formula is C17H14I2N2O2S. The van der Waals surface area contributed by atoms with Gasteiger partial charge in [-0.1, -0.05) is 6.42 Å². The SMILES string of the molecule is O=c1[nH]c(-c2cc(I)c(O)c(I)c2)nc2sc3c(c12)CCCCC3. The lowest BCUT2D eigenvalue weighted by atomic mass is 10.1. The summed E-state index contributed by atoms with van der Waals surface area (Å²) in [6, 6.07) is 3.70. The summed E-state index contributed by atoms with van der Waals surface area (Å²) in [6.45, 7) is 0. The molecular weight excluding hydrogens is 550 g/mol. The molecule has 0 bridgehead atoms. The summed E-state index contributed by atoms with van der Waals surface area (Å²) >= 11 is 5.85. The maximum absolute atomic E-state index is 12.7. The molecule has 0 atom stereocenters. The number of aromatic nitrogens is 2. The molecule has 0 amide bonds. The molecule has 4 nitrogen and oxygen atoms in total. The van der Waals surface area contributed by atoms with Crippen LogP contribution in [0.4, 0.5) is 0 Å². The molecule has 0 aliphatic heterocycles. The number of H-pyrrole nitrogens is 1. The van der Waals surface area contributed by atoms with Crippen LogP contribution in [0.15, 0.2) is 16.9 Å². The second kappa shape index (κ2) is 6.56. The highest BCUT2D eigenvalue weighted by Gasteiger charge is 2.19. The van der Waals surface area contributed by atoms with Crippen LogP contribution in [0.1, 0.15) is 29.7 Å². The second-order valence-corrected chi connectivity index (χ2v) is 9.36. The molecule has 0 fully saturated rings. The molecule has 1 aliphatic rings. The Kier molecular flexibility index (Phi) is 4.59. The minimum Gasteiger partial charge on any atom is -0.506 e. The molecule has 0 unspecified atom stereocenters. The van der Waals surface area contributed by atoms with E-state index in [0.717, 1.165) is 42.2 Å². The third kappa shape index (κ3) is 2.88. The Morgan fingerprint density at radius 2 is 1.83 bits per heavy atom. The zero-order valence-corrected chi connectivity index (χ0v) is 17.8. The van der Waals surface area contributed by atoms with Crippen molar-refractivity contribution in [3.63, 3.8) is 0 Å². The van der Waals surface area contributed by atoms with Gasteiger partial charge in [0.05, 0.1) is 12.5 Å². The van der Waals surface area contributed by atoms with E-state index in [0.29, 0.717) is 5.82 Å². The van der Waals surface area contributed by atoms with Crippen LogP contribution in [0.3, 0.4) is 0 Å². The number of hydrogen-bond acceptors (Lipinski definition) is 4. The van der Waals surface area contributed by atoms with Gasteiger partial charge in [-0.2, -0.15) is 0 Å². The van der Waals surface area contributed by atoms with Gasteiger partial charge < -0.3 is 10.1 Å². The summed E-state index contributed by atoms with van der Waals surface area (Å²) in [5, 5.41) is 10.7. The van der Waals surface area contributed by atoms with Crippen LogP contribution in [-0.4, -0.2) is 15.1 Å². The molecule has 2 aromatic heterocycles. The average molecular weight is 564 g/mol. The summed E-state index contributed by atoms with van der Waals surface area (Å²) in [7, 11) is 0. The molecule has 0 radical (unpaired) electrons. The molecule has 24 heavy (non-hydrogen) atoms. The Morgan fingerprint density at radius 1 is 1.12 bits per heavy atom. The van der Waals surface area contributed by atoms with Crippen LogP contribution in [0.25, 0.3) is 21.6 Å². The van der Waals surface area contributed by atoms with Crippen molar-refractivity contribution in [2.24, 2.45) is 0 Å². The van der Waals surface area contributed by atoms with Crippen molar-refractivity contribution in [3.8, 4) is 17.1 Å². The fourth-order valence-corrected chi connectivity index (χ4v) is 6.21. The summed E-state index contributed by atoms with van der Waals surface area (Å²) in [4.78, 5) is 22.5. The van der Waals surface area contributed by atoms with Gasteiger partial charge in [0.2, 0.25) is 0 Å². The van der Waals surface area contributed by atoms with Crippen molar-refractivity contribution in [2.75, 3.05) is 0 Å². The number of phenolic OH excluding ortho intramolecular Hbond substituents is 1. The van der Waals surface area contributed by atoms with Crippen molar-refractivity contribution in [3.05, 3.63) is 40.1 Å². The molecule has 124 valence electrons. The van der Waals surface area contributed by atoms with Crippen LogP contribution in [0, 0.1) is 7.14 Å². The molecule has 7 heteroatoms. The monoisotopic (exact) mass is 564 g/mol. The topological polar surface area (TPSA) is 66.0 Å². The third-order valence-corrected chi connectivity index (χ3v) is 7.20. The highest BCUT2D eigenvalue weighted by molar-refractivity contribution is 14.1. The molecule has 3 aromatic rings. The quantitative estimate of drug-likeness (QED) is 0.329. The van der Waals surface area contributed by atoms with Crippen LogP contribution >= 0.6 is 56.5 Å². The summed E-state index contributed by atoms with van der Waals surface area (Å²) in [5.41, 5.74) is 1.99. The first-order chi connectivity index (χ1) is 11.5. The molecule has 2 N–H and O–H groups in total.